The molecular formula is C12H9N3O. The second kappa shape index (κ2) is 4.04. The molecule has 1 fully saturated rings. The minimum absolute atomic E-state index is 0.00876. The van der Waals surface area contributed by atoms with E-state index < -0.39 is 0 Å². The zero-order valence-electron chi connectivity index (χ0n) is 8.55. The van der Waals surface area contributed by atoms with Gasteiger partial charge in [-0.3, -0.25) is 4.79 Å². The standard InChI is InChI=1S/C12H9N3O/c1-2-9-5-12(16)15(8-9)11-4-3-10(6-13)14-7-11/h1,3-4,7,9H,5,8H2. The van der Waals surface area contributed by atoms with Crippen LogP contribution in [0.4, 0.5) is 5.69 Å². The van der Waals surface area contributed by atoms with E-state index in [-0.39, 0.29) is 11.8 Å². The molecule has 1 aliphatic heterocycles. The fourth-order valence-corrected chi connectivity index (χ4v) is 1.68. The molecule has 0 aliphatic carbocycles. The number of nitrogens with zero attached hydrogens (tertiary/aromatic N) is 3. The van der Waals surface area contributed by atoms with Gasteiger partial charge in [-0.1, -0.05) is 0 Å². The summed E-state index contributed by atoms with van der Waals surface area (Å²) in [6, 6.07) is 5.23. The minimum atomic E-state index is -0.0249. The Morgan fingerprint density at radius 3 is 2.88 bits per heavy atom. The highest BCUT2D eigenvalue weighted by atomic mass is 16.2. The molecule has 1 atom stereocenters. The quantitative estimate of drug-likeness (QED) is 0.649. The Bertz CT molecular complexity index is 492. The first-order valence-electron chi connectivity index (χ1n) is 4.87. The van der Waals surface area contributed by atoms with E-state index in [1.54, 1.807) is 17.0 Å². The molecule has 2 rings (SSSR count). The lowest BCUT2D eigenvalue weighted by Gasteiger charge is -2.14. The summed E-state index contributed by atoms with van der Waals surface area (Å²) in [5.74, 6) is 2.57. The highest BCUT2D eigenvalue weighted by molar-refractivity contribution is 5.95. The molecule has 1 saturated heterocycles. The molecule has 0 radical (unpaired) electrons. The van der Waals surface area contributed by atoms with Crippen molar-refractivity contribution >= 4 is 11.6 Å². The number of carbonyl (C=O) groups excluding carboxylic acids is 1. The number of anilines is 1. The Morgan fingerprint density at radius 1 is 1.56 bits per heavy atom. The van der Waals surface area contributed by atoms with E-state index in [0.29, 0.717) is 24.3 Å². The molecule has 2 heterocycles. The molecule has 0 bridgehead atoms. The Labute approximate surface area is 93.5 Å². The molecule has 16 heavy (non-hydrogen) atoms. The third-order valence-electron chi connectivity index (χ3n) is 2.53. The number of amides is 1. The van der Waals surface area contributed by atoms with Gasteiger partial charge in [0.1, 0.15) is 11.8 Å². The van der Waals surface area contributed by atoms with Crippen LogP contribution in [0.15, 0.2) is 18.3 Å². The summed E-state index contributed by atoms with van der Waals surface area (Å²) in [5.41, 5.74) is 1.03. The van der Waals surface area contributed by atoms with Crippen molar-refractivity contribution in [2.24, 2.45) is 5.92 Å². The van der Waals surface area contributed by atoms with E-state index in [2.05, 4.69) is 10.9 Å². The van der Waals surface area contributed by atoms with Crippen LogP contribution in [-0.2, 0) is 4.79 Å². The van der Waals surface area contributed by atoms with Crippen LogP contribution in [-0.4, -0.2) is 17.4 Å². The van der Waals surface area contributed by atoms with Gasteiger partial charge in [-0.25, -0.2) is 4.98 Å². The van der Waals surface area contributed by atoms with Crippen LogP contribution < -0.4 is 4.90 Å². The molecule has 0 saturated carbocycles. The maximum absolute atomic E-state index is 11.6. The molecule has 1 amide bonds. The number of aromatic nitrogens is 1. The van der Waals surface area contributed by atoms with Crippen molar-refractivity contribution in [1.29, 1.82) is 5.26 Å². The molecule has 1 aromatic rings. The van der Waals surface area contributed by atoms with Crippen molar-refractivity contribution in [3.63, 3.8) is 0 Å². The SMILES string of the molecule is C#CC1CC(=O)N(c2ccc(C#N)nc2)C1. The van der Waals surface area contributed by atoms with Crippen molar-refractivity contribution in [3.05, 3.63) is 24.0 Å². The Balaban J connectivity index is 2.23. The number of hydrogen-bond donors (Lipinski definition) is 0. The zero-order chi connectivity index (χ0) is 11.5. The maximum Gasteiger partial charge on any atom is 0.228 e. The van der Waals surface area contributed by atoms with Crippen LogP contribution in [0.5, 0.6) is 0 Å². The second-order valence-corrected chi connectivity index (χ2v) is 3.59. The lowest BCUT2D eigenvalue weighted by molar-refractivity contribution is -0.117. The van der Waals surface area contributed by atoms with Crippen LogP contribution >= 0.6 is 0 Å². The summed E-state index contributed by atoms with van der Waals surface area (Å²) in [4.78, 5) is 17.2. The predicted molar refractivity (Wildman–Crippen MR) is 58.2 cm³/mol. The first-order chi connectivity index (χ1) is 7.74. The molecule has 4 heteroatoms. The summed E-state index contributed by atoms with van der Waals surface area (Å²) in [6.45, 7) is 0.531. The number of hydrogen-bond acceptors (Lipinski definition) is 3. The number of carbonyl (C=O) groups is 1. The molecule has 78 valence electrons. The monoisotopic (exact) mass is 211 g/mol. The van der Waals surface area contributed by atoms with E-state index in [1.165, 1.54) is 6.20 Å². The molecule has 0 spiro atoms. The number of pyridine rings is 1. The first kappa shape index (κ1) is 10.2. The number of terminal acetylenes is 1. The molecule has 0 aromatic carbocycles. The topological polar surface area (TPSA) is 57.0 Å². The maximum atomic E-state index is 11.6. The third kappa shape index (κ3) is 1.74. The van der Waals surface area contributed by atoms with Gasteiger partial charge in [-0.2, -0.15) is 5.26 Å². The summed E-state index contributed by atoms with van der Waals surface area (Å²) in [7, 11) is 0. The predicted octanol–water partition coefficient (Wildman–Crippen LogP) is 0.939. The number of rotatable bonds is 1. The Hall–Kier alpha value is -2.33. The minimum Gasteiger partial charge on any atom is -0.310 e. The summed E-state index contributed by atoms with van der Waals surface area (Å²) < 4.78 is 0. The van der Waals surface area contributed by atoms with Gasteiger partial charge in [-0.05, 0) is 12.1 Å². The van der Waals surface area contributed by atoms with E-state index >= 15 is 0 Å². The Kier molecular flexibility index (Phi) is 2.57. The average molecular weight is 211 g/mol. The van der Waals surface area contributed by atoms with Crippen LogP contribution in [0.3, 0.4) is 0 Å². The molecule has 0 N–H and O–H groups in total. The lowest BCUT2D eigenvalue weighted by Crippen LogP contribution is -2.24. The van der Waals surface area contributed by atoms with Gasteiger partial charge in [-0.15, -0.1) is 12.3 Å². The van der Waals surface area contributed by atoms with E-state index in [1.807, 2.05) is 6.07 Å². The largest absolute Gasteiger partial charge is 0.310 e. The molecule has 4 nitrogen and oxygen atoms in total. The third-order valence-corrected chi connectivity index (χ3v) is 2.53. The average Bonchev–Trinajstić information content (AvgIpc) is 2.71. The van der Waals surface area contributed by atoms with Crippen molar-refractivity contribution in [2.45, 2.75) is 6.42 Å². The summed E-state index contributed by atoms with van der Waals surface area (Å²) >= 11 is 0. The van der Waals surface area contributed by atoms with Crippen LogP contribution in [0.1, 0.15) is 12.1 Å². The van der Waals surface area contributed by atoms with Gasteiger partial charge >= 0.3 is 0 Å². The lowest BCUT2D eigenvalue weighted by atomic mass is 10.1. The Morgan fingerprint density at radius 2 is 2.38 bits per heavy atom. The van der Waals surface area contributed by atoms with Crippen molar-refractivity contribution in [1.82, 2.24) is 4.98 Å². The molecule has 1 aromatic heterocycles. The van der Waals surface area contributed by atoms with E-state index in [4.69, 9.17) is 11.7 Å². The van der Waals surface area contributed by atoms with Crippen molar-refractivity contribution in [3.8, 4) is 18.4 Å². The van der Waals surface area contributed by atoms with Gasteiger partial charge in [0, 0.05) is 18.9 Å². The van der Waals surface area contributed by atoms with Gasteiger partial charge in [0.15, 0.2) is 0 Å². The molecule has 1 aliphatic rings. The molecular weight excluding hydrogens is 202 g/mol. The smallest absolute Gasteiger partial charge is 0.228 e. The summed E-state index contributed by atoms with van der Waals surface area (Å²) in [6.07, 6.45) is 7.20. The fourth-order valence-electron chi connectivity index (χ4n) is 1.68. The van der Waals surface area contributed by atoms with E-state index in [9.17, 15) is 4.79 Å². The first-order valence-corrected chi connectivity index (χ1v) is 4.87. The van der Waals surface area contributed by atoms with Gasteiger partial charge in [0.25, 0.3) is 0 Å². The van der Waals surface area contributed by atoms with Crippen molar-refractivity contribution in [2.75, 3.05) is 11.4 Å². The van der Waals surface area contributed by atoms with Crippen molar-refractivity contribution < 1.29 is 4.79 Å². The molecule has 1 unspecified atom stereocenters. The van der Waals surface area contributed by atoms with Gasteiger partial charge in [0.05, 0.1) is 11.9 Å². The van der Waals surface area contributed by atoms with Gasteiger partial charge < -0.3 is 4.90 Å². The van der Waals surface area contributed by atoms with Gasteiger partial charge in [0.2, 0.25) is 5.91 Å². The van der Waals surface area contributed by atoms with Crippen LogP contribution in [0.2, 0.25) is 0 Å². The van der Waals surface area contributed by atoms with Crippen LogP contribution in [0.25, 0.3) is 0 Å². The highest BCUT2D eigenvalue weighted by Crippen LogP contribution is 2.23. The second-order valence-electron chi connectivity index (χ2n) is 3.59. The number of nitriles is 1. The fraction of sp³-hybridized carbons (Fsp3) is 0.250. The zero-order valence-corrected chi connectivity index (χ0v) is 8.55. The highest BCUT2D eigenvalue weighted by Gasteiger charge is 2.29. The van der Waals surface area contributed by atoms with E-state index in [0.717, 1.165) is 0 Å². The normalized spacial score (nSPS) is 19.2. The summed E-state index contributed by atoms with van der Waals surface area (Å²) in [5, 5.41) is 8.61. The van der Waals surface area contributed by atoms with Crippen LogP contribution in [0, 0.1) is 29.6 Å².